The van der Waals surface area contributed by atoms with Crippen molar-refractivity contribution >= 4 is 31.2 Å². The molecule has 0 amide bonds. The van der Waals surface area contributed by atoms with Crippen molar-refractivity contribution in [2.24, 2.45) is 0 Å². The van der Waals surface area contributed by atoms with Crippen LogP contribution >= 0.6 is 0 Å². The number of carbonyl (C=O) groups is 1. The van der Waals surface area contributed by atoms with Gasteiger partial charge in [0.25, 0.3) is 0 Å². The molecule has 1 aromatic heterocycles. The summed E-state index contributed by atoms with van der Waals surface area (Å²) in [4.78, 5) is 15.7. The normalized spacial score (nSPS) is 10.7. The molecule has 4 aromatic rings. The summed E-state index contributed by atoms with van der Waals surface area (Å²) in [6.45, 7) is 1.72. The Morgan fingerprint density at radius 3 is 2.48 bits per heavy atom. The summed E-state index contributed by atoms with van der Waals surface area (Å²) in [6.07, 6.45) is 0. The maximum absolute atomic E-state index is 11.3. The van der Waals surface area contributed by atoms with Gasteiger partial charge in [0.15, 0.2) is 0 Å². The summed E-state index contributed by atoms with van der Waals surface area (Å²) in [5.41, 5.74) is 3.77. The Morgan fingerprint density at radius 1 is 1.04 bits per heavy atom. The van der Waals surface area contributed by atoms with Crippen molar-refractivity contribution < 1.29 is 9.90 Å². The van der Waals surface area contributed by atoms with Gasteiger partial charge in [-0.2, -0.15) is 0 Å². The zero-order chi connectivity index (χ0) is 19.0. The molecule has 0 saturated heterocycles. The van der Waals surface area contributed by atoms with Gasteiger partial charge in [0.05, 0.1) is 0 Å². The van der Waals surface area contributed by atoms with Crippen molar-refractivity contribution in [2.75, 3.05) is 0 Å². The van der Waals surface area contributed by atoms with E-state index in [1.807, 2.05) is 36.4 Å². The molecular weight excluding hydrogens is 403 g/mol. The SMILES string of the molecule is Cc1nc(-c2ccc(-c3ccc4ccccc4c3)c(C#N)c2)[se]c1C(=O)O. The van der Waals surface area contributed by atoms with E-state index in [2.05, 4.69) is 35.3 Å². The van der Waals surface area contributed by atoms with Gasteiger partial charge in [-0.3, -0.25) is 0 Å². The van der Waals surface area contributed by atoms with E-state index in [0.717, 1.165) is 32.0 Å². The number of benzene rings is 3. The van der Waals surface area contributed by atoms with Crippen LogP contribution in [0, 0.1) is 18.3 Å². The fourth-order valence-electron chi connectivity index (χ4n) is 3.10. The van der Waals surface area contributed by atoms with Crippen LogP contribution in [0.4, 0.5) is 0 Å². The van der Waals surface area contributed by atoms with Crippen molar-refractivity contribution in [2.45, 2.75) is 6.92 Å². The Kier molecular flexibility index (Phi) is 4.37. The number of hydrogen-bond donors (Lipinski definition) is 1. The number of nitrogens with zero attached hydrogens (tertiary/aromatic N) is 2. The topological polar surface area (TPSA) is 74.0 Å². The van der Waals surface area contributed by atoms with Crippen LogP contribution in [-0.4, -0.2) is 30.6 Å². The Hall–Kier alpha value is -3.19. The van der Waals surface area contributed by atoms with E-state index in [4.69, 9.17) is 0 Å². The molecule has 0 aliphatic carbocycles. The number of fused-ring (bicyclic) bond motifs is 1. The van der Waals surface area contributed by atoms with Gasteiger partial charge in [-0.25, -0.2) is 0 Å². The molecule has 0 unspecified atom stereocenters. The van der Waals surface area contributed by atoms with Crippen LogP contribution in [0.2, 0.25) is 0 Å². The molecule has 1 heterocycles. The van der Waals surface area contributed by atoms with Gasteiger partial charge in [0, 0.05) is 0 Å². The summed E-state index contributed by atoms with van der Waals surface area (Å²) in [5.74, 6) is -0.917. The van der Waals surface area contributed by atoms with E-state index in [1.54, 1.807) is 6.92 Å². The first kappa shape index (κ1) is 17.2. The molecule has 0 saturated carbocycles. The van der Waals surface area contributed by atoms with Crippen molar-refractivity contribution in [3.63, 3.8) is 0 Å². The molecule has 0 atom stereocenters. The summed E-state index contributed by atoms with van der Waals surface area (Å²) >= 11 is -0.354. The summed E-state index contributed by atoms with van der Waals surface area (Å²) < 4.78 is 1.12. The average molecular weight is 417 g/mol. The first-order chi connectivity index (χ1) is 13.1. The number of aryl methyl sites for hydroxylation is 1. The molecule has 4 rings (SSSR count). The van der Waals surface area contributed by atoms with Crippen molar-refractivity contribution in [1.82, 2.24) is 4.98 Å². The molecule has 0 radical (unpaired) electrons. The first-order valence-electron chi connectivity index (χ1n) is 8.31. The van der Waals surface area contributed by atoms with Crippen LogP contribution in [0.25, 0.3) is 32.0 Å². The average Bonchev–Trinajstić information content (AvgIpc) is 3.09. The van der Waals surface area contributed by atoms with E-state index < -0.39 is 5.97 Å². The zero-order valence-corrected chi connectivity index (χ0v) is 16.1. The molecule has 4 nitrogen and oxygen atoms in total. The minimum absolute atomic E-state index is 0.354. The van der Waals surface area contributed by atoms with Gasteiger partial charge < -0.3 is 0 Å². The number of aromatic nitrogens is 1. The van der Waals surface area contributed by atoms with Crippen LogP contribution in [0.3, 0.4) is 0 Å². The predicted molar refractivity (Wildman–Crippen MR) is 106 cm³/mol. The fourth-order valence-corrected chi connectivity index (χ4v) is 4.99. The van der Waals surface area contributed by atoms with E-state index in [0.29, 0.717) is 15.7 Å². The minimum atomic E-state index is -0.917. The van der Waals surface area contributed by atoms with Gasteiger partial charge in [0.2, 0.25) is 0 Å². The summed E-state index contributed by atoms with van der Waals surface area (Å²) in [6, 6.07) is 22.2. The number of carboxylic acid groups (broad SMARTS) is 1. The molecule has 130 valence electrons. The Bertz CT molecular complexity index is 1230. The van der Waals surface area contributed by atoms with Crippen LogP contribution in [0.5, 0.6) is 0 Å². The number of aromatic carboxylic acids is 1. The third-order valence-electron chi connectivity index (χ3n) is 4.44. The van der Waals surface area contributed by atoms with Crippen molar-refractivity contribution in [1.29, 1.82) is 5.26 Å². The van der Waals surface area contributed by atoms with Crippen LogP contribution in [0.15, 0.2) is 60.7 Å². The first-order valence-corrected chi connectivity index (χ1v) is 10.0. The van der Waals surface area contributed by atoms with Gasteiger partial charge in [0.1, 0.15) is 0 Å². The third-order valence-corrected chi connectivity index (χ3v) is 6.94. The standard InChI is InChI=1S/C22H14N2O2Se/c1-13-20(22(25)26)27-21(24-13)17-8-9-19(18(11-17)12-23)16-7-6-14-4-2-3-5-15(14)10-16/h2-11H,1H3,(H,25,26). The molecule has 0 spiro atoms. The summed E-state index contributed by atoms with van der Waals surface area (Å²) in [5, 5.41) is 21.2. The van der Waals surface area contributed by atoms with Crippen LogP contribution in [-0.2, 0) is 0 Å². The van der Waals surface area contributed by atoms with E-state index in [-0.39, 0.29) is 14.5 Å². The number of rotatable bonds is 3. The quantitative estimate of drug-likeness (QED) is 0.498. The predicted octanol–water partition coefficient (Wildman–Crippen LogP) is 4.50. The Balaban J connectivity index is 1.80. The van der Waals surface area contributed by atoms with E-state index in [9.17, 15) is 15.2 Å². The second-order valence-electron chi connectivity index (χ2n) is 6.17. The van der Waals surface area contributed by atoms with E-state index in [1.165, 1.54) is 0 Å². The molecule has 1 N–H and O–H groups in total. The van der Waals surface area contributed by atoms with Gasteiger partial charge in [-0.05, 0) is 0 Å². The van der Waals surface area contributed by atoms with Gasteiger partial charge in [-0.1, -0.05) is 0 Å². The number of nitriles is 1. The van der Waals surface area contributed by atoms with Gasteiger partial charge >= 0.3 is 162 Å². The molecule has 3 aromatic carbocycles. The summed E-state index contributed by atoms with van der Waals surface area (Å²) in [7, 11) is 0. The van der Waals surface area contributed by atoms with Crippen LogP contribution < -0.4 is 0 Å². The molecule has 5 heteroatoms. The van der Waals surface area contributed by atoms with Crippen LogP contribution in [0.1, 0.15) is 20.5 Å². The zero-order valence-electron chi connectivity index (χ0n) is 14.4. The van der Waals surface area contributed by atoms with E-state index >= 15 is 0 Å². The fraction of sp³-hybridized carbons (Fsp3) is 0.0455. The Morgan fingerprint density at radius 2 is 1.78 bits per heavy atom. The molecule has 0 bridgehead atoms. The number of carboxylic acids is 1. The monoisotopic (exact) mass is 418 g/mol. The second-order valence-corrected chi connectivity index (χ2v) is 8.27. The van der Waals surface area contributed by atoms with Crippen molar-refractivity contribution in [3.8, 4) is 27.3 Å². The molecule has 0 aliphatic heterocycles. The molecule has 27 heavy (non-hydrogen) atoms. The molecular formula is C22H14N2O2Se. The van der Waals surface area contributed by atoms with Crippen molar-refractivity contribution in [3.05, 3.63) is 76.4 Å². The Labute approximate surface area is 162 Å². The molecule has 0 fully saturated rings. The third kappa shape index (κ3) is 3.17. The maximum atomic E-state index is 11.3. The second kappa shape index (κ2) is 6.85. The number of hydrogen-bond acceptors (Lipinski definition) is 3. The molecule has 0 aliphatic rings. The van der Waals surface area contributed by atoms with Gasteiger partial charge in [-0.15, -0.1) is 0 Å².